The van der Waals surface area contributed by atoms with E-state index in [-0.39, 0.29) is 11.6 Å². The van der Waals surface area contributed by atoms with E-state index < -0.39 is 6.29 Å². The van der Waals surface area contributed by atoms with Gasteiger partial charge < -0.3 is 14.6 Å². The Bertz CT molecular complexity index is 261. The first kappa shape index (κ1) is 11.1. The lowest BCUT2D eigenvalue weighted by atomic mass is 10.3. The van der Waals surface area contributed by atoms with Crippen LogP contribution in [0, 0.1) is 0 Å². The number of ether oxygens (including phenoxy) is 2. The molecule has 0 bridgehead atoms. The molecule has 1 aromatic carbocycles. The number of alkyl halides is 1. The Morgan fingerprint density at radius 3 is 2.50 bits per heavy atom. The normalized spacial score (nSPS) is 12.4. The van der Waals surface area contributed by atoms with Gasteiger partial charge in [0.15, 0.2) is 0 Å². The lowest BCUT2D eigenvalue weighted by Gasteiger charge is -2.16. The first-order valence-electron chi connectivity index (χ1n) is 4.39. The van der Waals surface area contributed by atoms with E-state index in [1.807, 2.05) is 6.92 Å². The van der Waals surface area contributed by atoms with Gasteiger partial charge in [0.1, 0.15) is 11.5 Å². The fraction of sp³-hybridized carbons (Fsp3) is 0.400. The molecule has 0 radical (unpaired) electrons. The molecule has 0 spiro atoms. The molecule has 0 fully saturated rings. The minimum absolute atomic E-state index is 0.205. The molecule has 0 amide bonds. The molecule has 1 atom stereocenters. The van der Waals surface area contributed by atoms with Crippen LogP contribution in [0.4, 0.5) is 0 Å². The second kappa shape index (κ2) is 5.73. The van der Waals surface area contributed by atoms with Crippen molar-refractivity contribution >= 4 is 11.6 Å². The van der Waals surface area contributed by atoms with E-state index in [0.29, 0.717) is 12.4 Å². The summed E-state index contributed by atoms with van der Waals surface area (Å²) in [5.74, 6) is 1.10. The molecule has 0 aliphatic rings. The van der Waals surface area contributed by atoms with Crippen LogP contribution in [0.15, 0.2) is 24.3 Å². The van der Waals surface area contributed by atoms with Crippen molar-refractivity contribution < 1.29 is 14.6 Å². The molecule has 0 saturated carbocycles. The molecule has 1 rings (SSSR count). The minimum Gasteiger partial charge on any atom is -0.508 e. The minimum atomic E-state index is -0.439. The summed E-state index contributed by atoms with van der Waals surface area (Å²) in [4.78, 5) is 0. The second-order valence-corrected chi connectivity index (χ2v) is 2.96. The molecular weight excluding hydrogens is 204 g/mol. The summed E-state index contributed by atoms with van der Waals surface area (Å²) in [7, 11) is 0. The summed E-state index contributed by atoms with van der Waals surface area (Å²) in [5.41, 5.74) is 0. The Balaban J connectivity index is 2.53. The molecule has 0 aromatic heterocycles. The number of rotatable bonds is 5. The Labute approximate surface area is 88.2 Å². The number of phenolic OH excluding ortho intramolecular Hbond substituents is 1. The Morgan fingerprint density at radius 1 is 1.36 bits per heavy atom. The van der Waals surface area contributed by atoms with E-state index in [0.717, 1.165) is 0 Å². The van der Waals surface area contributed by atoms with Crippen LogP contribution >= 0.6 is 11.6 Å². The van der Waals surface area contributed by atoms with Gasteiger partial charge in [0, 0.05) is 6.61 Å². The van der Waals surface area contributed by atoms with Crippen LogP contribution in [0.3, 0.4) is 0 Å². The van der Waals surface area contributed by atoms with Crippen LogP contribution in [0.2, 0.25) is 0 Å². The third-order valence-corrected chi connectivity index (χ3v) is 1.83. The molecule has 0 heterocycles. The van der Waals surface area contributed by atoms with Gasteiger partial charge in [-0.25, -0.2) is 0 Å². The maximum atomic E-state index is 9.04. The van der Waals surface area contributed by atoms with E-state index in [9.17, 15) is 0 Å². The van der Waals surface area contributed by atoms with Crippen molar-refractivity contribution in [3.05, 3.63) is 24.3 Å². The maximum absolute atomic E-state index is 9.04. The summed E-state index contributed by atoms with van der Waals surface area (Å²) < 4.78 is 10.6. The van der Waals surface area contributed by atoms with Gasteiger partial charge in [0.2, 0.25) is 6.29 Å². The maximum Gasteiger partial charge on any atom is 0.213 e. The smallest absolute Gasteiger partial charge is 0.213 e. The predicted molar refractivity (Wildman–Crippen MR) is 54.9 cm³/mol. The van der Waals surface area contributed by atoms with Crippen molar-refractivity contribution in [3.8, 4) is 11.5 Å². The van der Waals surface area contributed by atoms with E-state index in [2.05, 4.69) is 0 Å². The Morgan fingerprint density at radius 2 is 2.00 bits per heavy atom. The number of phenols is 1. The first-order valence-corrected chi connectivity index (χ1v) is 4.93. The molecule has 4 heteroatoms. The molecule has 0 aliphatic carbocycles. The highest BCUT2D eigenvalue weighted by atomic mass is 35.5. The van der Waals surface area contributed by atoms with Crippen LogP contribution in [-0.2, 0) is 4.74 Å². The zero-order valence-electron chi connectivity index (χ0n) is 7.94. The summed E-state index contributed by atoms with van der Waals surface area (Å²) >= 11 is 5.63. The van der Waals surface area contributed by atoms with Gasteiger partial charge >= 0.3 is 0 Å². The average molecular weight is 217 g/mol. The SMILES string of the molecule is CCOC(CCl)Oc1ccc(O)cc1. The molecule has 1 aromatic rings. The van der Waals surface area contributed by atoms with Gasteiger partial charge in [0.05, 0.1) is 5.88 Å². The van der Waals surface area contributed by atoms with Crippen LogP contribution in [0.1, 0.15) is 6.92 Å². The van der Waals surface area contributed by atoms with Gasteiger partial charge in [0.25, 0.3) is 0 Å². The van der Waals surface area contributed by atoms with Crippen LogP contribution in [-0.4, -0.2) is 23.9 Å². The molecule has 1 unspecified atom stereocenters. The monoisotopic (exact) mass is 216 g/mol. The van der Waals surface area contributed by atoms with Gasteiger partial charge in [-0.2, -0.15) is 0 Å². The van der Waals surface area contributed by atoms with Crippen LogP contribution in [0.25, 0.3) is 0 Å². The Hall–Kier alpha value is -0.930. The fourth-order valence-corrected chi connectivity index (χ4v) is 1.12. The van der Waals surface area contributed by atoms with Crippen molar-refractivity contribution in [2.45, 2.75) is 13.2 Å². The number of halogens is 1. The highest BCUT2D eigenvalue weighted by Crippen LogP contribution is 2.17. The first-order chi connectivity index (χ1) is 6.76. The van der Waals surface area contributed by atoms with Crippen molar-refractivity contribution in [1.82, 2.24) is 0 Å². The molecule has 1 N–H and O–H groups in total. The zero-order chi connectivity index (χ0) is 10.4. The van der Waals surface area contributed by atoms with Gasteiger partial charge in [-0.15, -0.1) is 11.6 Å². The highest BCUT2D eigenvalue weighted by Gasteiger charge is 2.07. The summed E-state index contributed by atoms with van der Waals surface area (Å²) in [6, 6.07) is 6.42. The third-order valence-electron chi connectivity index (χ3n) is 1.58. The molecule has 78 valence electrons. The lowest BCUT2D eigenvalue weighted by Crippen LogP contribution is -2.22. The lowest BCUT2D eigenvalue weighted by molar-refractivity contribution is -0.0587. The summed E-state index contributed by atoms with van der Waals surface area (Å²) in [6.07, 6.45) is -0.439. The van der Waals surface area contributed by atoms with Crippen LogP contribution < -0.4 is 4.74 Å². The average Bonchev–Trinajstić information content (AvgIpc) is 2.20. The van der Waals surface area contributed by atoms with Crippen molar-refractivity contribution in [3.63, 3.8) is 0 Å². The molecule has 0 saturated heterocycles. The van der Waals surface area contributed by atoms with Gasteiger partial charge in [-0.3, -0.25) is 0 Å². The number of aromatic hydroxyl groups is 1. The highest BCUT2D eigenvalue weighted by molar-refractivity contribution is 6.18. The van der Waals surface area contributed by atoms with E-state index in [4.69, 9.17) is 26.2 Å². The van der Waals surface area contributed by atoms with Crippen LogP contribution in [0.5, 0.6) is 11.5 Å². The van der Waals surface area contributed by atoms with E-state index in [1.54, 1.807) is 24.3 Å². The van der Waals surface area contributed by atoms with Gasteiger partial charge in [-0.1, -0.05) is 0 Å². The zero-order valence-corrected chi connectivity index (χ0v) is 8.70. The third kappa shape index (κ3) is 3.44. The molecule has 0 aliphatic heterocycles. The fourth-order valence-electron chi connectivity index (χ4n) is 0.972. The second-order valence-electron chi connectivity index (χ2n) is 2.65. The summed E-state index contributed by atoms with van der Waals surface area (Å²) in [6.45, 7) is 2.43. The number of hydrogen-bond donors (Lipinski definition) is 1. The van der Waals surface area contributed by atoms with Gasteiger partial charge in [-0.05, 0) is 31.2 Å². The summed E-state index contributed by atoms with van der Waals surface area (Å²) in [5, 5.41) is 9.04. The molecular formula is C10H13ClO3. The van der Waals surface area contributed by atoms with E-state index >= 15 is 0 Å². The largest absolute Gasteiger partial charge is 0.508 e. The van der Waals surface area contributed by atoms with Crippen molar-refractivity contribution in [1.29, 1.82) is 0 Å². The molecule has 3 nitrogen and oxygen atoms in total. The quantitative estimate of drug-likeness (QED) is 0.607. The number of hydrogen-bond acceptors (Lipinski definition) is 3. The van der Waals surface area contributed by atoms with Crippen molar-refractivity contribution in [2.24, 2.45) is 0 Å². The standard InChI is InChI=1S/C10H13ClO3/c1-2-13-10(7-11)14-9-5-3-8(12)4-6-9/h3-6,10,12H,2,7H2,1H3. The predicted octanol–water partition coefficient (Wildman–Crippen LogP) is 2.37. The Kier molecular flexibility index (Phi) is 4.56. The van der Waals surface area contributed by atoms with E-state index in [1.165, 1.54) is 0 Å². The number of benzene rings is 1. The molecule has 14 heavy (non-hydrogen) atoms. The van der Waals surface area contributed by atoms with Crippen molar-refractivity contribution in [2.75, 3.05) is 12.5 Å². The topological polar surface area (TPSA) is 38.7 Å².